The minimum absolute atomic E-state index is 0.0640. The van der Waals surface area contributed by atoms with Gasteiger partial charge in [-0.1, -0.05) is 207 Å². The molecule has 296 valence electrons. The molecule has 0 aromatic rings. The smallest absolute Gasteiger partial charge is 0.306 e. The van der Waals surface area contributed by atoms with Crippen molar-refractivity contribution in [3.63, 3.8) is 0 Å². The maximum atomic E-state index is 12.6. The van der Waals surface area contributed by atoms with Gasteiger partial charge in [0.05, 0.1) is 0 Å². The van der Waals surface area contributed by atoms with Gasteiger partial charge in [0.25, 0.3) is 0 Å². The van der Waals surface area contributed by atoms with E-state index in [0.29, 0.717) is 19.3 Å². The Balaban J connectivity index is 4.16. The van der Waals surface area contributed by atoms with E-state index >= 15 is 0 Å². The first-order chi connectivity index (χ1) is 24.5. The van der Waals surface area contributed by atoms with Crippen LogP contribution in [0.4, 0.5) is 0 Å². The van der Waals surface area contributed by atoms with E-state index in [1.807, 2.05) is 0 Å². The van der Waals surface area contributed by atoms with E-state index in [1.54, 1.807) is 0 Å². The van der Waals surface area contributed by atoms with E-state index in [9.17, 15) is 14.4 Å². The molecule has 0 saturated carbocycles. The molecule has 0 aromatic heterocycles. The van der Waals surface area contributed by atoms with Gasteiger partial charge in [-0.05, 0) is 19.3 Å². The lowest BCUT2D eigenvalue weighted by molar-refractivity contribution is -0.167. The van der Waals surface area contributed by atoms with Gasteiger partial charge in [0.2, 0.25) is 0 Å². The Labute approximate surface area is 310 Å². The van der Waals surface area contributed by atoms with Crippen LogP contribution in [0.15, 0.2) is 0 Å². The van der Waals surface area contributed by atoms with Gasteiger partial charge in [0.1, 0.15) is 13.2 Å². The highest BCUT2D eigenvalue weighted by Gasteiger charge is 2.19. The molecule has 0 bridgehead atoms. The number of unbranched alkanes of at least 4 members (excludes halogenated alkanes) is 29. The van der Waals surface area contributed by atoms with Crippen molar-refractivity contribution in [3.8, 4) is 0 Å². The minimum atomic E-state index is -0.756. The van der Waals surface area contributed by atoms with Gasteiger partial charge in [0, 0.05) is 19.3 Å². The minimum Gasteiger partial charge on any atom is -0.462 e. The quantitative estimate of drug-likeness (QED) is 0.0358. The molecular formula is C44H84O6. The Morgan fingerprint density at radius 3 is 0.800 bits per heavy atom. The molecule has 0 aliphatic rings. The topological polar surface area (TPSA) is 78.9 Å². The fourth-order valence-corrected chi connectivity index (χ4v) is 6.50. The maximum absolute atomic E-state index is 12.6. The highest BCUT2D eigenvalue weighted by molar-refractivity contribution is 5.71. The van der Waals surface area contributed by atoms with Gasteiger partial charge in [-0.2, -0.15) is 0 Å². The lowest BCUT2D eigenvalue weighted by Gasteiger charge is -2.18. The van der Waals surface area contributed by atoms with Crippen molar-refractivity contribution in [1.29, 1.82) is 0 Å². The largest absolute Gasteiger partial charge is 0.462 e. The molecule has 0 heterocycles. The summed E-state index contributed by atoms with van der Waals surface area (Å²) < 4.78 is 16.6. The van der Waals surface area contributed by atoms with Crippen LogP contribution in [0.1, 0.15) is 245 Å². The molecule has 6 nitrogen and oxygen atoms in total. The number of hydrogen-bond acceptors (Lipinski definition) is 6. The lowest BCUT2D eigenvalue weighted by atomic mass is 10.0. The average Bonchev–Trinajstić information content (AvgIpc) is 3.11. The molecule has 0 rings (SSSR count). The third-order valence-corrected chi connectivity index (χ3v) is 9.86. The molecule has 0 saturated heterocycles. The van der Waals surface area contributed by atoms with Crippen molar-refractivity contribution < 1.29 is 28.6 Å². The van der Waals surface area contributed by atoms with E-state index in [1.165, 1.54) is 141 Å². The normalized spacial score (nSPS) is 11.8. The van der Waals surface area contributed by atoms with Crippen molar-refractivity contribution in [2.45, 2.75) is 252 Å². The Hall–Kier alpha value is -1.59. The van der Waals surface area contributed by atoms with Gasteiger partial charge in [-0.15, -0.1) is 0 Å². The number of hydrogen-bond donors (Lipinski definition) is 0. The van der Waals surface area contributed by atoms with Gasteiger partial charge in [0.15, 0.2) is 6.10 Å². The third kappa shape index (κ3) is 37.7. The highest BCUT2D eigenvalue weighted by atomic mass is 16.6. The summed E-state index contributed by atoms with van der Waals surface area (Å²) in [6.45, 7) is 6.56. The number of esters is 3. The second kappa shape index (κ2) is 40.2. The van der Waals surface area contributed by atoms with E-state index < -0.39 is 6.10 Å². The second-order valence-electron chi connectivity index (χ2n) is 15.0. The Morgan fingerprint density at radius 2 is 0.540 bits per heavy atom. The van der Waals surface area contributed by atoms with Crippen LogP contribution in [0.25, 0.3) is 0 Å². The number of rotatable bonds is 40. The van der Waals surface area contributed by atoms with Crippen LogP contribution in [-0.2, 0) is 28.6 Å². The summed E-state index contributed by atoms with van der Waals surface area (Å²) in [5.41, 5.74) is 0. The van der Waals surface area contributed by atoms with Crippen molar-refractivity contribution in [3.05, 3.63) is 0 Å². The molecule has 0 fully saturated rings. The molecule has 0 aliphatic heterocycles. The molecule has 6 heteroatoms. The van der Waals surface area contributed by atoms with Crippen molar-refractivity contribution >= 4 is 17.9 Å². The van der Waals surface area contributed by atoms with Crippen LogP contribution in [0, 0.1) is 0 Å². The number of carbonyl (C=O) groups is 3. The van der Waals surface area contributed by atoms with Gasteiger partial charge < -0.3 is 14.2 Å². The molecule has 50 heavy (non-hydrogen) atoms. The molecule has 1 unspecified atom stereocenters. The molecule has 0 aliphatic carbocycles. The Bertz CT molecular complexity index is 738. The molecule has 0 amide bonds. The molecule has 0 spiro atoms. The van der Waals surface area contributed by atoms with E-state index in [-0.39, 0.29) is 31.1 Å². The predicted octanol–water partition coefficient (Wildman–Crippen LogP) is 13.7. The summed E-state index contributed by atoms with van der Waals surface area (Å²) in [7, 11) is 0. The summed E-state index contributed by atoms with van der Waals surface area (Å²) in [5.74, 6) is -0.869. The van der Waals surface area contributed by atoms with Crippen LogP contribution < -0.4 is 0 Å². The van der Waals surface area contributed by atoms with Crippen LogP contribution >= 0.6 is 0 Å². The predicted molar refractivity (Wildman–Crippen MR) is 210 cm³/mol. The Morgan fingerprint density at radius 1 is 0.320 bits per heavy atom. The van der Waals surface area contributed by atoms with Crippen molar-refractivity contribution in [1.82, 2.24) is 0 Å². The van der Waals surface area contributed by atoms with Gasteiger partial charge >= 0.3 is 17.9 Å². The first-order valence-electron chi connectivity index (χ1n) is 22.0. The fraction of sp³-hybridized carbons (Fsp3) is 0.932. The summed E-state index contributed by atoms with van der Waals surface area (Å²) in [6, 6.07) is 0. The average molecular weight is 709 g/mol. The standard InChI is InChI=1S/C44H84O6/c1-4-7-10-13-15-17-19-20-21-22-23-25-26-28-31-34-37-43(46)49-40-41(39-48-42(45)36-33-30-12-9-6-3)50-44(47)38-35-32-29-27-24-18-16-14-11-8-5-2/h41H,4-40H2,1-3H3. The van der Waals surface area contributed by atoms with E-state index in [2.05, 4.69) is 20.8 Å². The Kier molecular flexibility index (Phi) is 38.9. The van der Waals surface area contributed by atoms with Crippen LogP contribution in [0.2, 0.25) is 0 Å². The highest BCUT2D eigenvalue weighted by Crippen LogP contribution is 2.16. The molecule has 0 N–H and O–H groups in total. The SMILES string of the molecule is CCCCCCCCCCCCCCCCCCC(=O)OCC(COC(=O)CCCCCCC)OC(=O)CCCCCCCCCCCCC. The molecular weight excluding hydrogens is 624 g/mol. The first-order valence-corrected chi connectivity index (χ1v) is 22.0. The second-order valence-corrected chi connectivity index (χ2v) is 15.0. The van der Waals surface area contributed by atoms with Gasteiger partial charge in [-0.3, -0.25) is 14.4 Å². The summed E-state index contributed by atoms with van der Waals surface area (Å²) in [4.78, 5) is 37.4. The summed E-state index contributed by atoms with van der Waals surface area (Å²) in [5, 5.41) is 0. The van der Waals surface area contributed by atoms with Crippen LogP contribution in [0.3, 0.4) is 0 Å². The lowest BCUT2D eigenvalue weighted by Crippen LogP contribution is -2.30. The zero-order chi connectivity index (χ0) is 36.6. The molecule has 1 atom stereocenters. The number of ether oxygens (including phenoxy) is 3. The first kappa shape index (κ1) is 48.4. The van der Waals surface area contributed by atoms with E-state index in [4.69, 9.17) is 14.2 Å². The number of carbonyl (C=O) groups excluding carboxylic acids is 3. The van der Waals surface area contributed by atoms with Crippen LogP contribution in [0.5, 0.6) is 0 Å². The maximum Gasteiger partial charge on any atom is 0.306 e. The third-order valence-electron chi connectivity index (χ3n) is 9.86. The van der Waals surface area contributed by atoms with Gasteiger partial charge in [-0.25, -0.2) is 0 Å². The molecule has 0 radical (unpaired) electrons. The summed E-state index contributed by atoms with van der Waals surface area (Å²) >= 11 is 0. The summed E-state index contributed by atoms with van der Waals surface area (Å²) in [6.07, 6.45) is 39.7. The van der Waals surface area contributed by atoms with Crippen molar-refractivity contribution in [2.24, 2.45) is 0 Å². The van der Waals surface area contributed by atoms with E-state index in [0.717, 1.165) is 64.2 Å². The fourth-order valence-electron chi connectivity index (χ4n) is 6.50. The molecule has 0 aromatic carbocycles. The van der Waals surface area contributed by atoms with Crippen LogP contribution in [-0.4, -0.2) is 37.2 Å². The monoisotopic (exact) mass is 709 g/mol. The zero-order valence-corrected chi connectivity index (χ0v) is 33.7. The van der Waals surface area contributed by atoms with Crippen molar-refractivity contribution in [2.75, 3.05) is 13.2 Å². The zero-order valence-electron chi connectivity index (χ0n) is 33.7.